The van der Waals surface area contributed by atoms with Gasteiger partial charge in [-0.1, -0.05) is 78.1 Å². The Morgan fingerprint density at radius 3 is 1.70 bits per heavy atom. The summed E-state index contributed by atoms with van der Waals surface area (Å²) in [6, 6.07) is 19.3. The molecule has 0 amide bonds. The molecule has 0 aliphatic heterocycles. The van der Waals surface area contributed by atoms with Gasteiger partial charge in [0, 0.05) is 17.8 Å². The lowest BCUT2D eigenvalue weighted by Gasteiger charge is -2.15. The van der Waals surface area contributed by atoms with Gasteiger partial charge < -0.3 is 19.3 Å². The summed E-state index contributed by atoms with van der Waals surface area (Å²) >= 11 is 0. The number of aliphatic imine (C=N–C) groups is 1. The van der Waals surface area contributed by atoms with E-state index in [0.29, 0.717) is 11.1 Å². The molecule has 0 heterocycles. The van der Waals surface area contributed by atoms with Gasteiger partial charge in [-0.25, -0.2) is 4.79 Å². The number of rotatable bonds is 22. The Balaban J connectivity index is 1.42. The van der Waals surface area contributed by atoms with Gasteiger partial charge >= 0.3 is 5.97 Å². The Morgan fingerprint density at radius 2 is 1.15 bits per heavy atom. The van der Waals surface area contributed by atoms with Gasteiger partial charge in [0.25, 0.3) is 0 Å². The van der Waals surface area contributed by atoms with Crippen molar-refractivity contribution in [2.24, 2.45) is 4.99 Å². The molecule has 3 rings (SSSR count). The smallest absolute Gasteiger partial charge is 0.343 e. The maximum atomic E-state index is 12.7. The van der Waals surface area contributed by atoms with E-state index < -0.39 is 5.97 Å². The molecule has 0 spiro atoms. The zero-order valence-electron chi connectivity index (χ0n) is 28.5. The number of benzene rings is 3. The van der Waals surface area contributed by atoms with Gasteiger partial charge in [0.05, 0.1) is 23.5 Å². The molecule has 1 N–H and O–H groups in total. The third-order valence-electron chi connectivity index (χ3n) is 8.09. The molecule has 0 saturated carbocycles. The molecule has 0 aliphatic carbocycles. The van der Waals surface area contributed by atoms with E-state index in [9.17, 15) is 9.90 Å². The summed E-state index contributed by atoms with van der Waals surface area (Å²) in [7, 11) is 0. The maximum absolute atomic E-state index is 12.7. The van der Waals surface area contributed by atoms with Crippen LogP contribution in [0.2, 0.25) is 0 Å². The minimum Gasteiger partial charge on any atom is -0.507 e. The topological polar surface area (TPSA) is 77.4 Å². The van der Waals surface area contributed by atoms with Crippen molar-refractivity contribution in [3.8, 4) is 23.0 Å². The van der Waals surface area contributed by atoms with Crippen LogP contribution in [0.25, 0.3) is 0 Å². The largest absolute Gasteiger partial charge is 0.507 e. The first-order valence-corrected chi connectivity index (χ1v) is 17.5. The second kappa shape index (κ2) is 21.1. The quantitative estimate of drug-likeness (QED) is 0.0518. The molecule has 2 atom stereocenters. The number of esters is 1. The number of hydrogen-bond donors (Lipinski definition) is 1. The van der Waals surface area contributed by atoms with Gasteiger partial charge in [0.2, 0.25) is 0 Å². The van der Waals surface area contributed by atoms with Crippen molar-refractivity contribution >= 4 is 17.9 Å². The van der Waals surface area contributed by atoms with E-state index in [0.717, 1.165) is 36.4 Å². The molecule has 250 valence electrons. The van der Waals surface area contributed by atoms with E-state index >= 15 is 0 Å². The van der Waals surface area contributed by atoms with Crippen LogP contribution in [0.15, 0.2) is 71.7 Å². The van der Waals surface area contributed by atoms with Gasteiger partial charge in [0.1, 0.15) is 23.0 Å². The number of ether oxygens (including phenoxy) is 3. The lowest BCUT2D eigenvalue weighted by Crippen LogP contribution is -2.12. The zero-order valence-corrected chi connectivity index (χ0v) is 28.5. The summed E-state index contributed by atoms with van der Waals surface area (Å²) in [5, 5.41) is 10.5. The fourth-order valence-electron chi connectivity index (χ4n) is 5.29. The van der Waals surface area contributed by atoms with Crippen molar-refractivity contribution in [2.75, 3.05) is 0 Å². The van der Waals surface area contributed by atoms with Crippen molar-refractivity contribution in [3.63, 3.8) is 0 Å². The van der Waals surface area contributed by atoms with E-state index in [4.69, 9.17) is 14.2 Å². The highest BCUT2D eigenvalue weighted by atomic mass is 16.5. The summed E-state index contributed by atoms with van der Waals surface area (Å²) in [4.78, 5) is 17.2. The third-order valence-corrected chi connectivity index (χ3v) is 8.09. The number of phenols is 1. The number of unbranched alkanes of at least 4 members (excludes halogenated alkanes) is 10. The van der Waals surface area contributed by atoms with Gasteiger partial charge in [-0.15, -0.1) is 0 Å². The molecule has 0 aliphatic rings. The van der Waals surface area contributed by atoms with Crippen LogP contribution in [0.3, 0.4) is 0 Å². The second-order valence-electron chi connectivity index (χ2n) is 12.4. The minimum absolute atomic E-state index is 0.0277. The van der Waals surface area contributed by atoms with E-state index in [1.807, 2.05) is 24.3 Å². The lowest BCUT2D eigenvalue weighted by molar-refractivity contribution is 0.0734. The first-order valence-electron chi connectivity index (χ1n) is 17.5. The van der Waals surface area contributed by atoms with Gasteiger partial charge in [0.15, 0.2) is 0 Å². The van der Waals surface area contributed by atoms with E-state index in [1.54, 1.807) is 42.6 Å². The molecule has 46 heavy (non-hydrogen) atoms. The monoisotopic (exact) mass is 629 g/mol. The van der Waals surface area contributed by atoms with E-state index in [2.05, 4.69) is 32.7 Å². The Hall–Kier alpha value is -3.80. The van der Waals surface area contributed by atoms with Crippen molar-refractivity contribution in [2.45, 2.75) is 130 Å². The molecule has 0 aromatic heterocycles. The second-order valence-corrected chi connectivity index (χ2v) is 12.4. The van der Waals surface area contributed by atoms with Gasteiger partial charge in [-0.3, -0.25) is 4.99 Å². The SMILES string of the molecule is CCCCCCCCCC[C@H](C)Oc1ccc(C(=O)Oc2ccc(C=Nc3ccc(O[C@@H](C)CCCCCC)cc3)c(O)c2)cc1. The Kier molecular flexibility index (Phi) is 16.8. The Bertz CT molecular complexity index is 1300. The van der Waals surface area contributed by atoms with Crippen LogP contribution in [-0.2, 0) is 0 Å². The average molecular weight is 630 g/mol. The van der Waals surface area contributed by atoms with Crippen molar-refractivity contribution in [3.05, 3.63) is 77.9 Å². The molecule has 6 heteroatoms. The van der Waals surface area contributed by atoms with Crippen molar-refractivity contribution in [1.82, 2.24) is 0 Å². The number of carbonyl (C=O) groups is 1. The van der Waals surface area contributed by atoms with Crippen LogP contribution in [-0.4, -0.2) is 29.5 Å². The van der Waals surface area contributed by atoms with Crippen LogP contribution in [0.1, 0.15) is 134 Å². The summed E-state index contributed by atoms with van der Waals surface area (Å²) in [5.41, 5.74) is 1.67. The standard InChI is InChI=1S/C40H55NO5/c1-5-7-9-11-12-13-14-16-18-32(4)44-36-24-19-33(20-25-36)40(43)46-38-26-21-34(39(42)29-38)30-41-35-22-27-37(28-23-35)45-31(3)17-15-10-8-6-2/h19-32,42H,5-18H2,1-4H3/t31-,32-/m0/s1. The minimum atomic E-state index is -0.503. The van der Waals surface area contributed by atoms with Crippen LogP contribution < -0.4 is 14.2 Å². The molecule has 0 radical (unpaired) electrons. The van der Waals surface area contributed by atoms with Crippen LogP contribution in [0.4, 0.5) is 5.69 Å². The highest BCUT2D eigenvalue weighted by Crippen LogP contribution is 2.26. The predicted octanol–water partition coefficient (Wildman–Crippen LogP) is 11.4. The van der Waals surface area contributed by atoms with E-state index in [-0.39, 0.29) is 23.7 Å². The Morgan fingerprint density at radius 1 is 0.674 bits per heavy atom. The number of hydrogen-bond acceptors (Lipinski definition) is 6. The first-order chi connectivity index (χ1) is 22.4. The molecule has 0 saturated heterocycles. The van der Waals surface area contributed by atoms with Crippen LogP contribution >= 0.6 is 0 Å². The maximum Gasteiger partial charge on any atom is 0.343 e. The molecule has 3 aromatic rings. The summed E-state index contributed by atoms with van der Waals surface area (Å²) in [6.07, 6.45) is 19.3. The van der Waals surface area contributed by atoms with Crippen molar-refractivity contribution in [1.29, 1.82) is 0 Å². The molecular weight excluding hydrogens is 574 g/mol. The summed E-state index contributed by atoms with van der Waals surface area (Å²) in [5.74, 6) is 1.28. The first kappa shape index (κ1) is 36.7. The molecule has 0 bridgehead atoms. The highest BCUT2D eigenvalue weighted by Gasteiger charge is 2.12. The number of nitrogens with zero attached hydrogens (tertiary/aromatic N) is 1. The normalized spacial score (nSPS) is 12.6. The van der Waals surface area contributed by atoms with Crippen molar-refractivity contribution < 1.29 is 24.1 Å². The predicted molar refractivity (Wildman–Crippen MR) is 189 cm³/mol. The number of carbonyl (C=O) groups excluding carboxylic acids is 1. The Labute approximate surface area is 277 Å². The third kappa shape index (κ3) is 14.1. The molecular formula is C40H55NO5. The van der Waals surface area contributed by atoms with Crippen LogP contribution in [0.5, 0.6) is 23.0 Å². The fraction of sp³-hybridized carbons (Fsp3) is 0.500. The average Bonchev–Trinajstić information content (AvgIpc) is 3.05. The molecule has 6 nitrogen and oxygen atoms in total. The zero-order chi connectivity index (χ0) is 33.0. The number of phenolic OH excluding ortho intramolecular Hbond substituents is 1. The molecule has 0 fully saturated rings. The number of aromatic hydroxyl groups is 1. The summed E-state index contributed by atoms with van der Waals surface area (Å²) < 4.78 is 17.6. The van der Waals surface area contributed by atoms with Crippen LogP contribution in [0, 0.1) is 0 Å². The lowest BCUT2D eigenvalue weighted by atomic mass is 10.1. The summed E-state index contributed by atoms with van der Waals surface area (Å²) in [6.45, 7) is 8.66. The fourth-order valence-corrected chi connectivity index (χ4v) is 5.29. The van der Waals surface area contributed by atoms with Gasteiger partial charge in [-0.05, 0) is 100 Å². The highest BCUT2D eigenvalue weighted by molar-refractivity contribution is 5.91. The molecule has 0 unspecified atom stereocenters. The molecule has 3 aromatic carbocycles. The van der Waals surface area contributed by atoms with E-state index in [1.165, 1.54) is 76.7 Å². The van der Waals surface area contributed by atoms with Gasteiger partial charge in [-0.2, -0.15) is 0 Å².